The minimum Gasteiger partial charge on any atom is -0.468 e. The van der Waals surface area contributed by atoms with Crippen LogP contribution < -0.4 is 20.9 Å². The van der Waals surface area contributed by atoms with E-state index in [0.717, 1.165) is 5.52 Å². The highest BCUT2D eigenvalue weighted by molar-refractivity contribution is 6.04. The molecule has 43 heavy (non-hydrogen) atoms. The molecule has 0 radical (unpaired) electrons. The first-order valence-electron chi connectivity index (χ1n) is 13.9. The van der Waals surface area contributed by atoms with Crippen molar-refractivity contribution in [3.05, 3.63) is 42.3 Å². The van der Waals surface area contributed by atoms with E-state index in [1.807, 2.05) is 12.1 Å². The van der Waals surface area contributed by atoms with E-state index < -0.39 is 23.6 Å². The van der Waals surface area contributed by atoms with Crippen LogP contribution in [0.2, 0.25) is 0 Å². The molecule has 3 N–H and O–H groups in total. The SMILES string of the molecule is CNC(=O)C1CCN(c2nn(CC(=O)NCC(=O)NCC(=O)OC)c3cccc(-c4cc5c(cnn5C)cc4F)c23)CC1. The van der Waals surface area contributed by atoms with Gasteiger partial charge in [-0.15, -0.1) is 0 Å². The van der Waals surface area contributed by atoms with E-state index in [-0.39, 0.29) is 31.5 Å². The molecule has 0 bridgehead atoms. The summed E-state index contributed by atoms with van der Waals surface area (Å²) >= 11 is 0. The number of carbonyl (C=O) groups is 4. The number of hydrogen-bond donors (Lipinski definition) is 3. The van der Waals surface area contributed by atoms with Gasteiger partial charge in [-0.25, -0.2) is 4.39 Å². The fraction of sp³-hybridized carbons (Fsp3) is 0.379. The monoisotopic (exact) mass is 592 g/mol. The fourth-order valence-electron chi connectivity index (χ4n) is 5.39. The molecule has 2 aromatic heterocycles. The van der Waals surface area contributed by atoms with Gasteiger partial charge in [0.2, 0.25) is 17.7 Å². The van der Waals surface area contributed by atoms with Gasteiger partial charge < -0.3 is 25.6 Å². The summed E-state index contributed by atoms with van der Waals surface area (Å²) in [5.41, 5.74) is 2.35. The van der Waals surface area contributed by atoms with Crippen LogP contribution in [0, 0.1) is 11.7 Å². The minimum atomic E-state index is -0.607. The van der Waals surface area contributed by atoms with Crippen LogP contribution in [0.3, 0.4) is 0 Å². The zero-order valence-corrected chi connectivity index (χ0v) is 24.1. The Morgan fingerprint density at radius 2 is 1.77 bits per heavy atom. The molecule has 1 saturated heterocycles. The predicted octanol–water partition coefficient (Wildman–Crippen LogP) is 1.10. The highest BCUT2D eigenvalue weighted by atomic mass is 19.1. The van der Waals surface area contributed by atoms with Gasteiger partial charge in [-0.2, -0.15) is 10.2 Å². The molecular formula is C29H33FN8O5. The van der Waals surface area contributed by atoms with Crippen molar-refractivity contribution in [3.8, 4) is 11.1 Å². The van der Waals surface area contributed by atoms with Crippen LogP contribution >= 0.6 is 0 Å². The van der Waals surface area contributed by atoms with E-state index >= 15 is 4.39 Å². The molecule has 0 aliphatic carbocycles. The van der Waals surface area contributed by atoms with Gasteiger partial charge in [0.15, 0.2) is 5.82 Å². The van der Waals surface area contributed by atoms with Gasteiger partial charge in [0, 0.05) is 44.1 Å². The van der Waals surface area contributed by atoms with Crippen LogP contribution in [0.25, 0.3) is 32.9 Å². The summed E-state index contributed by atoms with van der Waals surface area (Å²) in [5, 5.41) is 18.0. The number of ether oxygens (including phenoxy) is 1. The number of fused-ring (bicyclic) bond motifs is 2. The number of carbonyl (C=O) groups excluding carboxylic acids is 4. The average molecular weight is 593 g/mol. The van der Waals surface area contributed by atoms with E-state index in [9.17, 15) is 19.2 Å². The first-order valence-corrected chi connectivity index (χ1v) is 13.9. The average Bonchev–Trinajstić information content (AvgIpc) is 3.57. The van der Waals surface area contributed by atoms with Gasteiger partial charge in [-0.05, 0) is 36.6 Å². The second kappa shape index (κ2) is 12.5. The highest BCUT2D eigenvalue weighted by Gasteiger charge is 2.29. The minimum absolute atomic E-state index is 0.00503. The number of anilines is 1. The molecular weight excluding hydrogens is 559 g/mol. The lowest BCUT2D eigenvalue weighted by Crippen LogP contribution is -2.40. The number of benzene rings is 2. The lowest BCUT2D eigenvalue weighted by Gasteiger charge is -2.31. The number of aryl methyl sites for hydroxylation is 1. The zero-order valence-electron chi connectivity index (χ0n) is 24.1. The number of nitrogens with one attached hydrogen (secondary N) is 3. The molecule has 13 nitrogen and oxygen atoms in total. The van der Waals surface area contributed by atoms with E-state index in [2.05, 4.69) is 30.7 Å². The Hall–Kier alpha value is -5.01. The van der Waals surface area contributed by atoms with Gasteiger partial charge in [0.05, 0.1) is 36.3 Å². The molecule has 0 spiro atoms. The van der Waals surface area contributed by atoms with Crippen LogP contribution in [-0.2, 0) is 37.5 Å². The number of halogens is 1. The number of rotatable bonds is 9. The Labute approximate surface area is 246 Å². The molecule has 2 aromatic carbocycles. The van der Waals surface area contributed by atoms with Crippen molar-refractivity contribution in [3.63, 3.8) is 0 Å². The molecule has 3 heterocycles. The largest absolute Gasteiger partial charge is 0.468 e. The maximum absolute atomic E-state index is 15.6. The van der Waals surface area contributed by atoms with Gasteiger partial charge >= 0.3 is 5.97 Å². The van der Waals surface area contributed by atoms with Gasteiger partial charge in [0.25, 0.3) is 0 Å². The molecule has 1 aliphatic heterocycles. The summed E-state index contributed by atoms with van der Waals surface area (Å²) in [7, 11) is 4.62. The van der Waals surface area contributed by atoms with Crippen molar-refractivity contribution >= 4 is 51.3 Å². The number of hydrogen-bond acceptors (Lipinski definition) is 8. The zero-order chi connectivity index (χ0) is 30.7. The maximum atomic E-state index is 15.6. The van der Waals surface area contributed by atoms with Crippen molar-refractivity contribution < 1.29 is 28.3 Å². The summed E-state index contributed by atoms with van der Waals surface area (Å²) in [6.07, 6.45) is 2.84. The first kappa shape index (κ1) is 29.5. The third-order valence-electron chi connectivity index (χ3n) is 7.69. The first-order chi connectivity index (χ1) is 20.7. The van der Waals surface area contributed by atoms with Crippen LogP contribution in [0.1, 0.15) is 12.8 Å². The Morgan fingerprint density at radius 3 is 2.49 bits per heavy atom. The highest BCUT2D eigenvalue weighted by Crippen LogP contribution is 2.39. The molecule has 0 saturated carbocycles. The molecule has 4 aromatic rings. The van der Waals surface area contributed by atoms with E-state index in [4.69, 9.17) is 5.10 Å². The maximum Gasteiger partial charge on any atom is 0.325 e. The van der Waals surface area contributed by atoms with Crippen LogP contribution in [0.15, 0.2) is 36.5 Å². The molecule has 3 amide bonds. The summed E-state index contributed by atoms with van der Waals surface area (Å²) in [6, 6.07) is 8.62. The Bertz CT molecular complexity index is 1710. The number of aromatic nitrogens is 4. The van der Waals surface area contributed by atoms with Gasteiger partial charge in [0.1, 0.15) is 18.9 Å². The number of piperidine rings is 1. The quantitative estimate of drug-likeness (QED) is 0.244. The predicted molar refractivity (Wildman–Crippen MR) is 156 cm³/mol. The topological polar surface area (TPSA) is 152 Å². The molecule has 0 unspecified atom stereocenters. The number of amides is 3. The summed E-state index contributed by atoms with van der Waals surface area (Å²) in [6.45, 7) is 0.250. The third kappa shape index (κ3) is 6.12. The summed E-state index contributed by atoms with van der Waals surface area (Å²) in [4.78, 5) is 50.5. The molecule has 226 valence electrons. The van der Waals surface area contributed by atoms with Crippen molar-refractivity contribution in [2.75, 3.05) is 45.2 Å². The Balaban J connectivity index is 1.48. The molecule has 14 heteroatoms. The Kier molecular flexibility index (Phi) is 8.55. The summed E-state index contributed by atoms with van der Waals surface area (Å²) in [5.74, 6) is -1.59. The van der Waals surface area contributed by atoms with Gasteiger partial charge in [-0.1, -0.05) is 12.1 Å². The molecule has 1 fully saturated rings. The van der Waals surface area contributed by atoms with Crippen molar-refractivity contribution in [2.45, 2.75) is 19.4 Å². The van der Waals surface area contributed by atoms with E-state index in [1.54, 1.807) is 37.1 Å². The van der Waals surface area contributed by atoms with E-state index in [1.165, 1.54) is 17.9 Å². The van der Waals surface area contributed by atoms with Gasteiger partial charge in [-0.3, -0.25) is 28.5 Å². The molecule has 1 aliphatic rings. The molecule has 5 rings (SSSR count). The van der Waals surface area contributed by atoms with Crippen molar-refractivity contribution in [1.29, 1.82) is 0 Å². The van der Waals surface area contributed by atoms with Crippen LogP contribution in [0.4, 0.5) is 10.2 Å². The smallest absolute Gasteiger partial charge is 0.325 e. The standard InChI is InChI=1S/C29H33FN8O5/c1-31-29(42)17-7-9-37(10-8-17)28-27-19(20-12-23-18(11-21(20)30)13-34-36(23)2)5-4-6-22(27)38(35-28)16-25(40)32-14-24(39)33-15-26(41)43-3/h4-6,11-13,17H,7-10,14-16H2,1-3H3,(H,31,42)(H,32,40)(H,33,39). The van der Waals surface area contributed by atoms with Crippen LogP contribution in [-0.4, -0.2) is 83.6 Å². The number of esters is 1. The second-order valence-corrected chi connectivity index (χ2v) is 10.3. The number of nitrogens with zero attached hydrogens (tertiary/aromatic N) is 5. The normalized spacial score (nSPS) is 13.7. The second-order valence-electron chi connectivity index (χ2n) is 10.3. The van der Waals surface area contributed by atoms with E-state index in [0.29, 0.717) is 59.2 Å². The Morgan fingerprint density at radius 1 is 1.02 bits per heavy atom. The fourth-order valence-corrected chi connectivity index (χ4v) is 5.39. The molecule has 0 atom stereocenters. The lowest BCUT2D eigenvalue weighted by atomic mass is 9.95. The summed E-state index contributed by atoms with van der Waals surface area (Å²) < 4.78 is 23.3. The van der Waals surface area contributed by atoms with Crippen LogP contribution in [0.5, 0.6) is 0 Å². The number of methoxy groups -OCH3 is 1. The third-order valence-corrected chi connectivity index (χ3v) is 7.69. The lowest BCUT2D eigenvalue weighted by molar-refractivity contribution is -0.141. The van der Waals surface area contributed by atoms with Crippen molar-refractivity contribution in [1.82, 2.24) is 35.5 Å². The van der Waals surface area contributed by atoms with Crippen molar-refractivity contribution in [2.24, 2.45) is 13.0 Å².